The van der Waals surface area contributed by atoms with E-state index in [9.17, 15) is 8.42 Å². The van der Waals surface area contributed by atoms with E-state index in [0.29, 0.717) is 17.9 Å². The summed E-state index contributed by atoms with van der Waals surface area (Å²) in [5.74, 6) is 1.33. The van der Waals surface area contributed by atoms with Crippen LogP contribution in [-0.4, -0.2) is 15.2 Å². The molecule has 1 aliphatic rings. The van der Waals surface area contributed by atoms with Gasteiger partial charge in [-0.05, 0) is 43.2 Å². The fourth-order valence-electron chi connectivity index (χ4n) is 2.50. The Bertz CT molecular complexity index is 863. The second kappa shape index (κ2) is 7.26. The highest BCUT2D eigenvalue weighted by atomic mass is 32.2. The standard InChI is InChI=1S/C18H20N2O4S/c1-3-4-16(14-7-10-17-18(11-14)24-12-23-17)19-20-25(21,22)15-8-5-13(2)6-9-15/h3,5-11,16,19-20H,1,4,12H2,2H3/t16-/m1/s1. The summed E-state index contributed by atoms with van der Waals surface area (Å²) in [5.41, 5.74) is 4.74. The van der Waals surface area contributed by atoms with Gasteiger partial charge in [-0.15, -0.1) is 11.4 Å². The van der Waals surface area contributed by atoms with Crippen molar-refractivity contribution in [2.24, 2.45) is 0 Å². The molecule has 0 bridgehead atoms. The van der Waals surface area contributed by atoms with E-state index in [1.54, 1.807) is 30.3 Å². The Balaban J connectivity index is 1.76. The van der Waals surface area contributed by atoms with Crippen molar-refractivity contribution in [3.8, 4) is 11.5 Å². The third kappa shape index (κ3) is 4.01. The Labute approximate surface area is 147 Å². The largest absolute Gasteiger partial charge is 0.454 e. The molecule has 6 nitrogen and oxygen atoms in total. The van der Waals surface area contributed by atoms with Gasteiger partial charge < -0.3 is 9.47 Å². The number of fused-ring (bicyclic) bond motifs is 1. The van der Waals surface area contributed by atoms with Crippen LogP contribution in [0.3, 0.4) is 0 Å². The van der Waals surface area contributed by atoms with Gasteiger partial charge in [-0.25, -0.2) is 13.8 Å². The van der Waals surface area contributed by atoms with E-state index in [0.717, 1.165) is 11.1 Å². The molecule has 25 heavy (non-hydrogen) atoms. The molecule has 3 rings (SSSR count). The van der Waals surface area contributed by atoms with Crippen molar-refractivity contribution in [1.29, 1.82) is 0 Å². The van der Waals surface area contributed by atoms with E-state index in [-0.39, 0.29) is 17.7 Å². The van der Waals surface area contributed by atoms with Crippen LogP contribution in [0.2, 0.25) is 0 Å². The molecule has 1 atom stereocenters. The van der Waals surface area contributed by atoms with E-state index >= 15 is 0 Å². The molecule has 0 aliphatic carbocycles. The molecular weight excluding hydrogens is 340 g/mol. The zero-order chi connectivity index (χ0) is 17.9. The molecule has 2 N–H and O–H groups in total. The molecule has 0 unspecified atom stereocenters. The van der Waals surface area contributed by atoms with Crippen LogP contribution < -0.4 is 19.7 Å². The predicted octanol–water partition coefficient (Wildman–Crippen LogP) is 2.82. The molecule has 1 aliphatic heterocycles. The Hall–Kier alpha value is -2.35. The highest BCUT2D eigenvalue weighted by Gasteiger charge is 2.20. The quantitative estimate of drug-likeness (QED) is 0.586. The SMILES string of the molecule is C=CC[C@@H](NNS(=O)(=O)c1ccc(C)cc1)c1ccc2c(c1)OCO2. The predicted molar refractivity (Wildman–Crippen MR) is 94.8 cm³/mol. The molecule has 0 radical (unpaired) electrons. The van der Waals surface area contributed by atoms with Crippen molar-refractivity contribution in [2.45, 2.75) is 24.3 Å². The highest BCUT2D eigenvalue weighted by molar-refractivity contribution is 7.89. The first kappa shape index (κ1) is 17.5. The van der Waals surface area contributed by atoms with E-state index in [2.05, 4.69) is 16.8 Å². The molecule has 0 saturated carbocycles. The zero-order valence-electron chi connectivity index (χ0n) is 13.9. The topological polar surface area (TPSA) is 76.7 Å². The first-order valence-corrected chi connectivity index (χ1v) is 9.32. The maximum absolute atomic E-state index is 12.4. The van der Waals surface area contributed by atoms with Crippen LogP contribution in [0.5, 0.6) is 11.5 Å². The first-order chi connectivity index (χ1) is 12.0. The van der Waals surface area contributed by atoms with Crippen LogP contribution in [0.15, 0.2) is 60.0 Å². The molecule has 1 heterocycles. The summed E-state index contributed by atoms with van der Waals surface area (Å²) < 4.78 is 35.5. The maximum atomic E-state index is 12.4. The third-order valence-electron chi connectivity index (χ3n) is 3.90. The van der Waals surface area contributed by atoms with Crippen LogP contribution >= 0.6 is 0 Å². The van der Waals surface area contributed by atoms with Crippen LogP contribution in [0.4, 0.5) is 0 Å². The number of hydrogen-bond donors (Lipinski definition) is 2. The van der Waals surface area contributed by atoms with Crippen LogP contribution in [-0.2, 0) is 10.0 Å². The molecule has 0 amide bonds. The Kier molecular flexibility index (Phi) is 5.08. The van der Waals surface area contributed by atoms with Gasteiger partial charge in [-0.1, -0.05) is 29.8 Å². The lowest BCUT2D eigenvalue weighted by Gasteiger charge is -2.19. The number of aryl methyl sites for hydroxylation is 1. The van der Waals surface area contributed by atoms with E-state index in [1.807, 2.05) is 25.1 Å². The third-order valence-corrected chi connectivity index (χ3v) is 5.18. The number of benzene rings is 2. The van der Waals surface area contributed by atoms with Crippen molar-refractivity contribution >= 4 is 10.0 Å². The monoisotopic (exact) mass is 360 g/mol. The van der Waals surface area contributed by atoms with E-state index < -0.39 is 10.0 Å². The summed E-state index contributed by atoms with van der Waals surface area (Å²) in [7, 11) is -3.66. The number of sulfonamides is 1. The van der Waals surface area contributed by atoms with Gasteiger partial charge in [0.2, 0.25) is 6.79 Å². The average Bonchev–Trinajstić information content (AvgIpc) is 3.06. The van der Waals surface area contributed by atoms with Gasteiger partial charge >= 0.3 is 0 Å². The van der Waals surface area contributed by atoms with Gasteiger partial charge in [0.15, 0.2) is 11.5 Å². The van der Waals surface area contributed by atoms with Gasteiger partial charge in [0.05, 0.1) is 10.9 Å². The molecular formula is C18H20N2O4S. The fourth-order valence-corrected chi connectivity index (χ4v) is 3.41. The maximum Gasteiger partial charge on any atom is 0.253 e. The van der Waals surface area contributed by atoms with Gasteiger partial charge in [-0.3, -0.25) is 0 Å². The van der Waals surface area contributed by atoms with Crippen molar-refractivity contribution in [3.63, 3.8) is 0 Å². The lowest BCUT2D eigenvalue weighted by atomic mass is 10.0. The van der Waals surface area contributed by atoms with Crippen molar-refractivity contribution < 1.29 is 17.9 Å². The summed E-state index contributed by atoms with van der Waals surface area (Å²) in [4.78, 5) is 2.65. The summed E-state index contributed by atoms with van der Waals surface area (Å²) in [6.07, 6.45) is 2.26. The molecule has 2 aromatic rings. The number of hydrazine groups is 1. The van der Waals surface area contributed by atoms with Gasteiger partial charge in [0.1, 0.15) is 0 Å². The van der Waals surface area contributed by atoms with Crippen LogP contribution in [0.25, 0.3) is 0 Å². The molecule has 132 valence electrons. The van der Waals surface area contributed by atoms with Crippen LogP contribution in [0, 0.1) is 6.92 Å². The zero-order valence-corrected chi connectivity index (χ0v) is 14.7. The van der Waals surface area contributed by atoms with Gasteiger partial charge in [0.25, 0.3) is 10.0 Å². The van der Waals surface area contributed by atoms with Gasteiger partial charge in [-0.2, -0.15) is 0 Å². The van der Waals surface area contributed by atoms with Crippen molar-refractivity contribution in [1.82, 2.24) is 10.3 Å². The molecule has 2 aromatic carbocycles. The summed E-state index contributed by atoms with van der Waals surface area (Å²) in [6.45, 7) is 5.84. The van der Waals surface area contributed by atoms with Crippen molar-refractivity contribution in [2.75, 3.05) is 6.79 Å². The highest BCUT2D eigenvalue weighted by Crippen LogP contribution is 2.34. The molecule has 0 fully saturated rings. The summed E-state index contributed by atoms with van der Waals surface area (Å²) in [5, 5.41) is 0. The Morgan fingerprint density at radius 3 is 2.60 bits per heavy atom. The Morgan fingerprint density at radius 1 is 1.16 bits per heavy atom. The lowest BCUT2D eigenvalue weighted by molar-refractivity contribution is 0.174. The van der Waals surface area contributed by atoms with E-state index in [4.69, 9.17) is 9.47 Å². The molecule has 7 heteroatoms. The van der Waals surface area contributed by atoms with Gasteiger partial charge in [0, 0.05) is 0 Å². The number of ether oxygens (including phenoxy) is 2. The average molecular weight is 360 g/mol. The number of hydrogen-bond acceptors (Lipinski definition) is 5. The number of nitrogens with one attached hydrogen (secondary N) is 2. The smallest absolute Gasteiger partial charge is 0.253 e. The van der Waals surface area contributed by atoms with Crippen LogP contribution in [0.1, 0.15) is 23.6 Å². The Morgan fingerprint density at radius 2 is 1.88 bits per heavy atom. The molecule has 0 spiro atoms. The lowest BCUT2D eigenvalue weighted by Crippen LogP contribution is -2.39. The minimum absolute atomic E-state index is 0.193. The summed E-state index contributed by atoms with van der Waals surface area (Å²) in [6, 6.07) is 11.9. The minimum atomic E-state index is -3.66. The minimum Gasteiger partial charge on any atom is -0.454 e. The molecule has 0 saturated heterocycles. The second-order valence-electron chi connectivity index (χ2n) is 5.75. The summed E-state index contributed by atoms with van der Waals surface area (Å²) >= 11 is 0. The molecule has 0 aromatic heterocycles. The normalized spacial score (nSPS) is 14.3. The van der Waals surface area contributed by atoms with E-state index in [1.165, 1.54) is 0 Å². The first-order valence-electron chi connectivity index (χ1n) is 7.84. The fraction of sp³-hybridized carbons (Fsp3) is 0.222. The second-order valence-corrected chi connectivity index (χ2v) is 7.43. The van der Waals surface area contributed by atoms with Crippen molar-refractivity contribution in [3.05, 3.63) is 66.2 Å². The number of rotatable bonds is 7.